The van der Waals surface area contributed by atoms with Gasteiger partial charge < -0.3 is 15.6 Å². The first kappa shape index (κ1) is 10.3. The molecule has 3 unspecified atom stereocenters. The molecule has 0 aliphatic carbocycles. The van der Waals surface area contributed by atoms with E-state index in [-0.39, 0.29) is 10.8 Å². The van der Waals surface area contributed by atoms with E-state index in [1.54, 1.807) is 11.8 Å². The van der Waals surface area contributed by atoms with Crippen LogP contribution in [0.2, 0.25) is 0 Å². The fraction of sp³-hybridized carbons (Fsp3) is 0.889. The van der Waals surface area contributed by atoms with Gasteiger partial charge in [-0.05, 0) is 12.8 Å². The Kier molecular flexibility index (Phi) is 2.72. The number of carbonyl (C=O) groups is 1. The Balaban J connectivity index is 2.20. The summed E-state index contributed by atoms with van der Waals surface area (Å²) >= 11 is 1.68. The lowest BCUT2D eigenvalue weighted by Crippen LogP contribution is -2.48. The number of ether oxygens (including phenoxy) is 1. The van der Waals surface area contributed by atoms with Gasteiger partial charge in [-0.15, -0.1) is 0 Å². The molecule has 2 saturated heterocycles. The first-order valence-corrected chi connectivity index (χ1v) is 5.84. The quantitative estimate of drug-likeness (QED) is 0.661. The number of nitrogens with two attached hydrogens (primary N) is 1. The van der Waals surface area contributed by atoms with Crippen molar-refractivity contribution in [3.05, 3.63) is 0 Å². The van der Waals surface area contributed by atoms with E-state index in [0.717, 1.165) is 25.2 Å². The molecule has 3 N–H and O–H groups in total. The van der Waals surface area contributed by atoms with Crippen molar-refractivity contribution in [2.75, 3.05) is 19.0 Å². The number of carboxylic acid groups (broad SMARTS) is 1. The highest BCUT2D eigenvalue weighted by molar-refractivity contribution is 8.01. The van der Waals surface area contributed by atoms with E-state index < -0.39 is 11.9 Å². The summed E-state index contributed by atoms with van der Waals surface area (Å²) in [5.41, 5.74) is 5.83. The zero-order chi connectivity index (χ0) is 10.2. The zero-order valence-corrected chi connectivity index (χ0v) is 8.76. The molecule has 1 spiro atoms. The third-order valence-corrected chi connectivity index (χ3v) is 4.76. The monoisotopic (exact) mass is 217 g/mol. The Morgan fingerprint density at radius 3 is 3.00 bits per heavy atom. The van der Waals surface area contributed by atoms with Crippen LogP contribution in [0.1, 0.15) is 12.8 Å². The lowest BCUT2D eigenvalue weighted by atomic mass is 9.83. The van der Waals surface area contributed by atoms with Crippen molar-refractivity contribution < 1.29 is 14.6 Å². The van der Waals surface area contributed by atoms with Gasteiger partial charge in [-0.1, -0.05) is 0 Å². The van der Waals surface area contributed by atoms with Crippen molar-refractivity contribution in [1.82, 2.24) is 0 Å². The molecule has 0 radical (unpaired) electrons. The first-order chi connectivity index (χ1) is 6.66. The lowest BCUT2D eigenvalue weighted by molar-refractivity contribution is -0.144. The largest absolute Gasteiger partial charge is 0.481 e. The van der Waals surface area contributed by atoms with Gasteiger partial charge in [-0.2, -0.15) is 11.8 Å². The highest BCUT2D eigenvalue weighted by Gasteiger charge is 2.52. The predicted octanol–water partition coefficient (Wildman–Crippen LogP) is 0.310. The summed E-state index contributed by atoms with van der Waals surface area (Å²) in [5, 5.41) is 9.15. The lowest BCUT2D eigenvalue weighted by Gasteiger charge is -2.36. The second-order valence-electron chi connectivity index (χ2n) is 4.01. The van der Waals surface area contributed by atoms with E-state index in [1.165, 1.54) is 0 Å². The van der Waals surface area contributed by atoms with Gasteiger partial charge >= 0.3 is 5.97 Å². The Hall–Kier alpha value is -0.260. The second-order valence-corrected chi connectivity index (χ2v) is 5.45. The molecule has 0 aromatic heterocycles. The molecule has 0 bridgehead atoms. The molecule has 0 aromatic carbocycles. The van der Waals surface area contributed by atoms with E-state index >= 15 is 0 Å². The van der Waals surface area contributed by atoms with Gasteiger partial charge in [0, 0.05) is 18.4 Å². The summed E-state index contributed by atoms with van der Waals surface area (Å²) in [4.78, 5) is 11.1. The maximum atomic E-state index is 11.1. The molecule has 4 nitrogen and oxygen atoms in total. The number of thioether (sulfide) groups is 1. The van der Waals surface area contributed by atoms with Crippen LogP contribution >= 0.6 is 11.8 Å². The molecular weight excluding hydrogens is 202 g/mol. The first-order valence-electron chi connectivity index (χ1n) is 4.86. The standard InChI is InChI=1S/C9H15NO3S/c10-6-4-14-9(7(6)8(11)12)2-1-3-13-5-9/h6-7H,1-5,10H2,(H,11,12). The topological polar surface area (TPSA) is 72.5 Å². The minimum absolute atomic E-state index is 0.223. The van der Waals surface area contributed by atoms with Crippen LogP contribution in [0, 0.1) is 5.92 Å². The second kappa shape index (κ2) is 3.72. The summed E-state index contributed by atoms with van der Waals surface area (Å²) in [6, 6.07) is -0.223. The van der Waals surface area contributed by atoms with Crippen molar-refractivity contribution in [2.45, 2.75) is 23.6 Å². The smallest absolute Gasteiger partial charge is 0.309 e. The zero-order valence-electron chi connectivity index (χ0n) is 7.94. The van der Waals surface area contributed by atoms with Crippen LogP contribution in [-0.2, 0) is 9.53 Å². The van der Waals surface area contributed by atoms with Crippen molar-refractivity contribution in [3.8, 4) is 0 Å². The molecule has 5 heteroatoms. The molecule has 2 fully saturated rings. The summed E-state index contributed by atoms with van der Waals surface area (Å²) < 4.78 is 5.15. The van der Waals surface area contributed by atoms with Crippen LogP contribution in [0.3, 0.4) is 0 Å². The minimum Gasteiger partial charge on any atom is -0.481 e. The SMILES string of the molecule is NC1CSC2(CCCOC2)C1C(=O)O. The molecule has 2 aliphatic heterocycles. The van der Waals surface area contributed by atoms with E-state index in [9.17, 15) is 4.79 Å². The van der Waals surface area contributed by atoms with Crippen molar-refractivity contribution in [3.63, 3.8) is 0 Å². The van der Waals surface area contributed by atoms with Gasteiger partial charge in [0.25, 0.3) is 0 Å². The molecule has 2 heterocycles. The molecule has 14 heavy (non-hydrogen) atoms. The van der Waals surface area contributed by atoms with Gasteiger partial charge in [-0.3, -0.25) is 4.79 Å². The average Bonchev–Trinajstić information content (AvgIpc) is 2.45. The van der Waals surface area contributed by atoms with Crippen LogP contribution < -0.4 is 5.73 Å². The van der Waals surface area contributed by atoms with Crippen LogP contribution in [0.5, 0.6) is 0 Å². The fourth-order valence-corrected chi connectivity index (χ4v) is 4.02. The van der Waals surface area contributed by atoms with E-state index in [4.69, 9.17) is 15.6 Å². The minimum atomic E-state index is -0.770. The molecule has 0 amide bonds. The highest BCUT2D eigenvalue weighted by atomic mass is 32.2. The fourth-order valence-electron chi connectivity index (χ4n) is 2.40. The molecule has 0 saturated carbocycles. The van der Waals surface area contributed by atoms with Crippen LogP contribution in [0.25, 0.3) is 0 Å². The van der Waals surface area contributed by atoms with Gasteiger partial charge in [0.05, 0.1) is 17.3 Å². The van der Waals surface area contributed by atoms with E-state index in [0.29, 0.717) is 6.61 Å². The van der Waals surface area contributed by atoms with Crippen LogP contribution in [-0.4, -0.2) is 40.8 Å². The Morgan fingerprint density at radius 1 is 1.64 bits per heavy atom. The third kappa shape index (κ3) is 1.53. The van der Waals surface area contributed by atoms with Crippen LogP contribution in [0.15, 0.2) is 0 Å². The number of aliphatic carboxylic acids is 1. The Labute approximate surface area is 87.2 Å². The molecular formula is C9H15NO3S. The number of hydrogen-bond acceptors (Lipinski definition) is 4. The summed E-state index contributed by atoms with van der Waals surface area (Å²) in [6.07, 6.45) is 1.87. The van der Waals surface area contributed by atoms with Crippen molar-refractivity contribution >= 4 is 17.7 Å². The van der Waals surface area contributed by atoms with Crippen LogP contribution in [0.4, 0.5) is 0 Å². The van der Waals surface area contributed by atoms with Gasteiger partial charge in [0.1, 0.15) is 0 Å². The number of rotatable bonds is 1. The van der Waals surface area contributed by atoms with Gasteiger partial charge in [0.2, 0.25) is 0 Å². The maximum absolute atomic E-state index is 11.1. The van der Waals surface area contributed by atoms with Gasteiger partial charge in [-0.25, -0.2) is 0 Å². The number of carboxylic acids is 1. The maximum Gasteiger partial charge on any atom is 0.309 e. The highest BCUT2D eigenvalue weighted by Crippen LogP contribution is 2.47. The predicted molar refractivity (Wildman–Crippen MR) is 54.3 cm³/mol. The molecule has 2 rings (SSSR count). The summed E-state index contributed by atoms with van der Waals surface area (Å²) in [6.45, 7) is 1.30. The molecule has 2 aliphatic rings. The third-order valence-electron chi connectivity index (χ3n) is 3.06. The normalized spacial score (nSPS) is 42.9. The Morgan fingerprint density at radius 2 is 2.43 bits per heavy atom. The molecule has 3 atom stereocenters. The molecule has 80 valence electrons. The number of hydrogen-bond donors (Lipinski definition) is 2. The average molecular weight is 217 g/mol. The van der Waals surface area contributed by atoms with Crippen molar-refractivity contribution in [1.29, 1.82) is 0 Å². The summed E-state index contributed by atoms with van der Waals surface area (Å²) in [5.74, 6) is -0.471. The Bertz CT molecular complexity index is 235. The van der Waals surface area contributed by atoms with E-state index in [2.05, 4.69) is 0 Å². The van der Waals surface area contributed by atoms with E-state index in [1.807, 2.05) is 0 Å². The summed E-state index contributed by atoms with van der Waals surface area (Å²) in [7, 11) is 0. The van der Waals surface area contributed by atoms with Gasteiger partial charge in [0.15, 0.2) is 0 Å². The van der Waals surface area contributed by atoms with Crippen molar-refractivity contribution in [2.24, 2.45) is 11.7 Å². The molecule has 0 aromatic rings.